The van der Waals surface area contributed by atoms with E-state index in [1.165, 1.54) is 0 Å². The minimum Gasteiger partial charge on any atom is -0.382 e. The van der Waals surface area contributed by atoms with Crippen LogP contribution in [0.1, 0.15) is 18.1 Å². The van der Waals surface area contributed by atoms with Crippen LogP contribution in [0.25, 0.3) is 23.2 Å². The number of fused-ring (bicyclic) bond motifs is 1. The number of benzene rings is 2. The summed E-state index contributed by atoms with van der Waals surface area (Å²) in [6, 6.07) is 20.3. The molecule has 5 rings (SSSR count). The standard InChI is InChI=1S/C25H24N8/c1-3-18-15-27-33(17-18)25-28-21-22(26)29-24(30-23(21)31(25)4-2)32(20-13-9-6-10-14-20)16-19-11-7-5-8-12-19/h3,5-15,17H,1,4,16H2,2H3,(H2,26,29,30). The van der Waals surface area contributed by atoms with Crippen molar-refractivity contribution in [3.8, 4) is 5.95 Å². The third kappa shape index (κ3) is 3.82. The average Bonchev–Trinajstić information content (AvgIpc) is 3.48. The number of rotatable bonds is 7. The second kappa shape index (κ2) is 8.58. The molecular formula is C25H24N8. The largest absolute Gasteiger partial charge is 0.382 e. The van der Waals surface area contributed by atoms with E-state index >= 15 is 0 Å². The van der Waals surface area contributed by atoms with E-state index in [-0.39, 0.29) is 0 Å². The second-order valence-corrected chi connectivity index (χ2v) is 7.57. The van der Waals surface area contributed by atoms with Gasteiger partial charge in [-0.3, -0.25) is 4.57 Å². The van der Waals surface area contributed by atoms with Gasteiger partial charge in [0.1, 0.15) is 0 Å². The van der Waals surface area contributed by atoms with Crippen LogP contribution >= 0.6 is 0 Å². The van der Waals surface area contributed by atoms with Crippen molar-refractivity contribution in [2.24, 2.45) is 0 Å². The summed E-state index contributed by atoms with van der Waals surface area (Å²) in [6.07, 6.45) is 5.36. The number of hydrogen-bond donors (Lipinski definition) is 1. The first-order valence-electron chi connectivity index (χ1n) is 10.8. The van der Waals surface area contributed by atoms with E-state index in [9.17, 15) is 0 Å². The molecule has 0 unspecified atom stereocenters. The Morgan fingerprint density at radius 3 is 2.39 bits per heavy atom. The van der Waals surface area contributed by atoms with Gasteiger partial charge in [-0.25, -0.2) is 9.67 Å². The maximum atomic E-state index is 6.41. The molecule has 0 bridgehead atoms. The van der Waals surface area contributed by atoms with Gasteiger partial charge in [0.15, 0.2) is 17.0 Å². The summed E-state index contributed by atoms with van der Waals surface area (Å²) in [5, 5.41) is 4.41. The van der Waals surface area contributed by atoms with E-state index in [1.807, 2.05) is 66.2 Å². The highest BCUT2D eigenvalue weighted by atomic mass is 15.4. The molecule has 8 nitrogen and oxygen atoms in total. The van der Waals surface area contributed by atoms with Crippen LogP contribution in [-0.4, -0.2) is 29.3 Å². The Bertz CT molecular complexity index is 1400. The number of nitrogen functional groups attached to an aromatic ring is 1. The van der Waals surface area contributed by atoms with Crippen molar-refractivity contribution in [1.29, 1.82) is 0 Å². The van der Waals surface area contributed by atoms with E-state index in [0.717, 1.165) is 16.8 Å². The predicted molar refractivity (Wildman–Crippen MR) is 131 cm³/mol. The van der Waals surface area contributed by atoms with Crippen LogP contribution in [0, 0.1) is 0 Å². The maximum absolute atomic E-state index is 6.41. The molecule has 0 saturated heterocycles. The van der Waals surface area contributed by atoms with Gasteiger partial charge in [0, 0.05) is 24.0 Å². The van der Waals surface area contributed by atoms with Gasteiger partial charge in [0.25, 0.3) is 0 Å². The summed E-state index contributed by atoms with van der Waals surface area (Å²) in [5.74, 6) is 1.48. The third-order valence-corrected chi connectivity index (χ3v) is 5.44. The molecule has 2 aromatic carbocycles. The highest BCUT2D eigenvalue weighted by Crippen LogP contribution is 2.29. The van der Waals surface area contributed by atoms with Gasteiger partial charge in [-0.1, -0.05) is 61.2 Å². The Balaban J connectivity index is 1.66. The molecule has 2 N–H and O–H groups in total. The van der Waals surface area contributed by atoms with Crippen LogP contribution in [0.15, 0.2) is 79.6 Å². The summed E-state index contributed by atoms with van der Waals surface area (Å²) in [6.45, 7) is 7.09. The highest BCUT2D eigenvalue weighted by molar-refractivity contribution is 5.85. The van der Waals surface area contributed by atoms with Crippen molar-refractivity contribution < 1.29 is 0 Å². The predicted octanol–water partition coefficient (Wildman–Crippen LogP) is 4.60. The van der Waals surface area contributed by atoms with E-state index in [4.69, 9.17) is 15.7 Å². The number of para-hydroxylation sites is 1. The molecule has 0 aliphatic heterocycles. The van der Waals surface area contributed by atoms with Crippen LogP contribution in [-0.2, 0) is 13.1 Å². The monoisotopic (exact) mass is 436 g/mol. The van der Waals surface area contributed by atoms with Gasteiger partial charge in [-0.2, -0.15) is 15.1 Å². The SMILES string of the molecule is C=Cc1cnn(-c2nc3c(N)nc(N(Cc4ccccc4)c4ccccc4)nc3n2CC)c1. The number of aryl methyl sites for hydroxylation is 1. The van der Waals surface area contributed by atoms with Gasteiger partial charge in [-0.05, 0) is 24.6 Å². The van der Waals surface area contributed by atoms with Crippen molar-refractivity contribution in [2.45, 2.75) is 20.0 Å². The van der Waals surface area contributed by atoms with Crippen molar-refractivity contribution >= 4 is 34.7 Å². The van der Waals surface area contributed by atoms with Crippen LogP contribution in [0.3, 0.4) is 0 Å². The molecular weight excluding hydrogens is 412 g/mol. The normalized spacial score (nSPS) is 11.1. The van der Waals surface area contributed by atoms with E-state index in [1.54, 1.807) is 17.0 Å². The average molecular weight is 437 g/mol. The van der Waals surface area contributed by atoms with Gasteiger partial charge in [0.2, 0.25) is 11.9 Å². The fourth-order valence-electron chi connectivity index (χ4n) is 3.79. The van der Waals surface area contributed by atoms with Crippen molar-refractivity contribution in [3.63, 3.8) is 0 Å². The van der Waals surface area contributed by atoms with Crippen molar-refractivity contribution in [3.05, 3.63) is 90.8 Å². The molecule has 0 spiro atoms. The minimum absolute atomic E-state index is 0.327. The number of imidazole rings is 1. The molecule has 164 valence electrons. The number of hydrogen-bond acceptors (Lipinski definition) is 6. The lowest BCUT2D eigenvalue weighted by Gasteiger charge is -2.23. The zero-order chi connectivity index (χ0) is 22.8. The summed E-state index contributed by atoms with van der Waals surface area (Å²) in [7, 11) is 0. The van der Waals surface area contributed by atoms with E-state index < -0.39 is 0 Å². The zero-order valence-corrected chi connectivity index (χ0v) is 18.3. The smallest absolute Gasteiger partial charge is 0.234 e. The van der Waals surface area contributed by atoms with Crippen molar-refractivity contribution in [2.75, 3.05) is 10.6 Å². The molecule has 0 aliphatic carbocycles. The molecule has 0 saturated carbocycles. The zero-order valence-electron chi connectivity index (χ0n) is 18.3. The highest BCUT2D eigenvalue weighted by Gasteiger charge is 2.21. The minimum atomic E-state index is 0.327. The lowest BCUT2D eigenvalue weighted by atomic mass is 10.2. The van der Waals surface area contributed by atoms with Crippen LogP contribution in [0.4, 0.5) is 17.5 Å². The molecule has 3 aromatic heterocycles. The number of nitrogens with two attached hydrogens (primary N) is 1. The summed E-state index contributed by atoms with van der Waals surface area (Å²) < 4.78 is 3.70. The molecule has 0 fully saturated rings. The molecule has 3 heterocycles. The number of anilines is 3. The Morgan fingerprint density at radius 1 is 1.00 bits per heavy atom. The fraction of sp³-hybridized carbons (Fsp3) is 0.120. The lowest BCUT2D eigenvalue weighted by molar-refractivity contribution is 0.696. The molecule has 33 heavy (non-hydrogen) atoms. The molecule has 0 aliphatic rings. The topological polar surface area (TPSA) is 90.7 Å². The first-order valence-corrected chi connectivity index (χ1v) is 10.8. The summed E-state index contributed by atoms with van der Waals surface area (Å²) in [5.41, 5.74) is 10.7. The Kier molecular flexibility index (Phi) is 5.32. The fourth-order valence-corrected chi connectivity index (χ4v) is 3.79. The quantitative estimate of drug-likeness (QED) is 0.401. The number of aromatic nitrogens is 6. The van der Waals surface area contributed by atoms with E-state index in [0.29, 0.717) is 42.0 Å². The summed E-state index contributed by atoms with van der Waals surface area (Å²) >= 11 is 0. The van der Waals surface area contributed by atoms with E-state index in [2.05, 4.69) is 33.7 Å². The number of nitrogens with zero attached hydrogens (tertiary/aromatic N) is 7. The molecule has 8 heteroatoms. The Morgan fingerprint density at radius 2 is 1.73 bits per heavy atom. The first-order chi connectivity index (χ1) is 16.2. The Hall–Kier alpha value is -4.46. The van der Waals surface area contributed by atoms with Gasteiger partial charge in [0.05, 0.1) is 12.7 Å². The van der Waals surface area contributed by atoms with Gasteiger partial charge < -0.3 is 10.6 Å². The van der Waals surface area contributed by atoms with Crippen LogP contribution in [0.5, 0.6) is 0 Å². The first kappa shape index (κ1) is 20.4. The second-order valence-electron chi connectivity index (χ2n) is 7.57. The Labute approximate surface area is 191 Å². The summed E-state index contributed by atoms with van der Waals surface area (Å²) in [4.78, 5) is 16.4. The van der Waals surface area contributed by atoms with Gasteiger partial charge >= 0.3 is 0 Å². The van der Waals surface area contributed by atoms with Gasteiger partial charge in [-0.15, -0.1) is 0 Å². The lowest BCUT2D eigenvalue weighted by Crippen LogP contribution is -2.20. The van der Waals surface area contributed by atoms with Crippen LogP contribution < -0.4 is 10.6 Å². The van der Waals surface area contributed by atoms with Crippen molar-refractivity contribution in [1.82, 2.24) is 29.3 Å². The molecule has 0 radical (unpaired) electrons. The maximum Gasteiger partial charge on any atom is 0.234 e. The molecule has 0 atom stereocenters. The molecule has 5 aromatic rings. The molecule has 0 amide bonds. The third-order valence-electron chi connectivity index (χ3n) is 5.44. The van der Waals surface area contributed by atoms with Crippen LogP contribution in [0.2, 0.25) is 0 Å².